The Kier molecular flexibility index (Phi) is 7.63. The molecule has 0 aromatic heterocycles. The minimum absolute atomic E-state index is 0.0584. The van der Waals surface area contributed by atoms with Crippen LogP contribution in [0.3, 0.4) is 0 Å². The fourth-order valence-corrected chi connectivity index (χ4v) is 0.974. The van der Waals surface area contributed by atoms with Crippen LogP contribution in [0.4, 0.5) is 0 Å². The first-order chi connectivity index (χ1) is 6.16. The molecule has 1 unspecified atom stereocenters. The normalized spacial score (nSPS) is 12.5. The fraction of sp³-hybridized carbons (Fsp3) is 0.889. The Morgan fingerprint density at radius 3 is 2.69 bits per heavy atom. The smallest absolute Gasteiger partial charge is 0.221 e. The lowest BCUT2D eigenvalue weighted by Gasteiger charge is -2.05. The van der Waals surface area contributed by atoms with Crippen molar-refractivity contribution in [2.24, 2.45) is 0 Å². The largest absolute Gasteiger partial charge is 0.393 e. The summed E-state index contributed by atoms with van der Waals surface area (Å²) in [4.78, 5) is 10.8. The summed E-state index contributed by atoms with van der Waals surface area (Å²) in [5.74, 6) is 0.0584. The fourth-order valence-electron chi connectivity index (χ4n) is 0.974. The highest BCUT2D eigenvalue weighted by atomic mass is 16.3. The zero-order valence-corrected chi connectivity index (χ0v) is 8.47. The molecule has 0 rings (SSSR count). The summed E-state index contributed by atoms with van der Waals surface area (Å²) in [5.41, 5.74) is 0. The van der Waals surface area contributed by atoms with E-state index in [1.807, 2.05) is 0 Å². The van der Waals surface area contributed by atoms with Gasteiger partial charge in [-0.05, 0) is 26.3 Å². The molecule has 4 nitrogen and oxygen atoms in total. The second-order valence-corrected chi connectivity index (χ2v) is 3.16. The van der Waals surface area contributed by atoms with Crippen LogP contribution >= 0.6 is 0 Å². The monoisotopic (exact) mass is 188 g/mol. The molecule has 0 radical (unpaired) electrons. The Morgan fingerprint density at radius 2 is 2.15 bits per heavy atom. The molecule has 3 N–H and O–H groups in total. The maximum Gasteiger partial charge on any atom is 0.221 e. The van der Waals surface area contributed by atoms with Gasteiger partial charge in [0.15, 0.2) is 0 Å². The van der Waals surface area contributed by atoms with Crippen LogP contribution in [0.5, 0.6) is 0 Å². The third-order valence-corrected chi connectivity index (χ3v) is 1.78. The van der Waals surface area contributed by atoms with Gasteiger partial charge in [0.2, 0.25) is 5.91 Å². The summed E-state index contributed by atoms with van der Waals surface area (Å²) in [6.07, 6.45) is 2.06. The number of aliphatic hydroxyl groups is 1. The first-order valence-electron chi connectivity index (χ1n) is 4.76. The summed E-state index contributed by atoms with van der Waals surface area (Å²) in [7, 11) is 1.63. The molecular formula is C9H20N2O2. The van der Waals surface area contributed by atoms with E-state index in [2.05, 4.69) is 10.6 Å². The molecule has 0 fully saturated rings. The summed E-state index contributed by atoms with van der Waals surface area (Å²) in [6.45, 7) is 3.35. The van der Waals surface area contributed by atoms with Gasteiger partial charge in [0.05, 0.1) is 6.10 Å². The quantitative estimate of drug-likeness (QED) is 0.488. The number of carbonyl (C=O) groups is 1. The molecule has 78 valence electrons. The molecule has 0 saturated heterocycles. The van der Waals surface area contributed by atoms with E-state index in [9.17, 15) is 4.79 Å². The lowest BCUT2D eigenvalue weighted by Crippen LogP contribution is -2.25. The van der Waals surface area contributed by atoms with Gasteiger partial charge in [-0.1, -0.05) is 0 Å². The van der Waals surface area contributed by atoms with Crippen molar-refractivity contribution in [2.75, 3.05) is 20.1 Å². The lowest BCUT2D eigenvalue weighted by molar-refractivity contribution is -0.120. The van der Waals surface area contributed by atoms with Crippen LogP contribution in [0.2, 0.25) is 0 Å². The molecular weight excluding hydrogens is 168 g/mol. The van der Waals surface area contributed by atoms with E-state index in [1.54, 1.807) is 14.0 Å². The predicted octanol–water partition coefficient (Wildman–Crippen LogP) is -0.127. The van der Waals surface area contributed by atoms with Crippen LogP contribution in [0.15, 0.2) is 0 Å². The third kappa shape index (κ3) is 9.30. The molecule has 0 aliphatic carbocycles. The van der Waals surface area contributed by atoms with Crippen molar-refractivity contribution in [3.63, 3.8) is 0 Å². The van der Waals surface area contributed by atoms with Crippen molar-refractivity contribution in [3.8, 4) is 0 Å². The number of hydrogen-bond acceptors (Lipinski definition) is 3. The minimum Gasteiger partial charge on any atom is -0.393 e. The average Bonchev–Trinajstić information content (AvgIpc) is 2.10. The highest BCUT2D eigenvalue weighted by Gasteiger charge is 1.97. The van der Waals surface area contributed by atoms with E-state index in [0.29, 0.717) is 13.0 Å². The van der Waals surface area contributed by atoms with E-state index in [4.69, 9.17) is 5.11 Å². The lowest BCUT2D eigenvalue weighted by atomic mass is 10.2. The van der Waals surface area contributed by atoms with Crippen molar-refractivity contribution in [2.45, 2.75) is 32.3 Å². The van der Waals surface area contributed by atoms with Crippen molar-refractivity contribution in [1.82, 2.24) is 10.6 Å². The average molecular weight is 188 g/mol. The molecule has 1 amide bonds. The van der Waals surface area contributed by atoms with Gasteiger partial charge in [-0.3, -0.25) is 4.79 Å². The summed E-state index contributed by atoms with van der Waals surface area (Å²) < 4.78 is 0. The Bertz CT molecular complexity index is 138. The Hall–Kier alpha value is -0.610. The predicted molar refractivity (Wildman–Crippen MR) is 52.5 cm³/mol. The zero-order valence-electron chi connectivity index (χ0n) is 8.47. The molecule has 0 aromatic carbocycles. The van der Waals surface area contributed by atoms with Crippen LogP contribution in [-0.4, -0.2) is 37.3 Å². The van der Waals surface area contributed by atoms with E-state index >= 15 is 0 Å². The van der Waals surface area contributed by atoms with Gasteiger partial charge >= 0.3 is 0 Å². The van der Waals surface area contributed by atoms with E-state index in [1.165, 1.54) is 0 Å². The highest BCUT2D eigenvalue weighted by Crippen LogP contribution is 1.93. The number of amides is 1. The SMILES string of the molecule is CNC(=O)CCNCCCC(C)O. The summed E-state index contributed by atoms with van der Waals surface area (Å²) in [6, 6.07) is 0. The van der Waals surface area contributed by atoms with Crippen LogP contribution in [0.1, 0.15) is 26.2 Å². The number of nitrogens with one attached hydrogen (secondary N) is 2. The standard InChI is InChI=1S/C9H20N2O2/c1-8(12)4-3-6-11-7-5-9(13)10-2/h8,11-12H,3-7H2,1-2H3,(H,10,13). The summed E-state index contributed by atoms with van der Waals surface area (Å²) >= 11 is 0. The second-order valence-electron chi connectivity index (χ2n) is 3.16. The first kappa shape index (κ1) is 12.4. The number of carbonyl (C=O) groups excluding carboxylic acids is 1. The molecule has 4 heteroatoms. The van der Waals surface area contributed by atoms with E-state index < -0.39 is 0 Å². The minimum atomic E-state index is -0.222. The first-order valence-corrected chi connectivity index (χ1v) is 4.76. The van der Waals surface area contributed by atoms with Gasteiger partial charge in [-0.25, -0.2) is 0 Å². The van der Waals surface area contributed by atoms with Gasteiger partial charge in [0, 0.05) is 20.0 Å². The number of aliphatic hydroxyl groups excluding tert-OH is 1. The van der Waals surface area contributed by atoms with Crippen LogP contribution < -0.4 is 10.6 Å². The Balaban J connectivity index is 3.04. The van der Waals surface area contributed by atoms with Gasteiger partial charge in [-0.15, -0.1) is 0 Å². The van der Waals surface area contributed by atoms with Crippen molar-refractivity contribution in [3.05, 3.63) is 0 Å². The summed E-state index contributed by atoms with van der Waals surface area (Å²) in [5, 5.41) is 14.6. The van der Waals surface area contributed by atoms with Crippen LogP contribution in [-0.2, 0) is 4.79 Å². The van der Waals surface area contributed by atoms with Crippen molar-refractivity contribution < 1.29 is 9.90 Å². The van der Waals surface area contributed by atoms with Crippen molar-refractivity contribution in [1.29, 1.82) is 0 Å². The van der Waals surface area contributed by atoms with Gasteiger partial charge < -0.3 is 15.7 Å². The molecule has 13 heavy (non-hydrogen) atoms. The highest BCUT2D eigenvalue weighted by molar-refractivity contribution is 5.75. The van der Waals surface area contributed by atoms with E-state index in [-0.39, 0.29) is 12.0 Å². The molecule has 0 aromatic rings. The second kappa shape index (κ2) is 8.01. The van der Waals surface area contributed by atoms with Gasteiger partial charge in [-0.2, -0.15) is 0 Å². The molecule has 0 aliphatic heterocycles. The molecule has 0 aliphatic rings. The van der Waals surface area contributed by atoms with E-state index in [0.717, 1.165) is 19.4 Å². The Morgan fingerprint density at radius 1 is 1.46 bits per heavy atom. The Labute approximate surface area is 79.7 Å². The molecule has 1 atom stereocenters. The maximum atomic E-state index is 10.8. The zero-order chi connectivity index (χ0) is 10.1. The van der Waals surface area contributed by atoms with Crippen molar-refractivity contribution >= 4 is 5.91 Å². The molecule has 0 spiro atoms. The van der Waals surface area contributed by atoms with Crippen LogP contribution in [0.25, 0.3) is 0 Å². The molecule has 0 saturated carbocycles. The van der Waals surface area contributed by atoms with Gasteiger partial charge in [0.1, 0.15) is 0 Å². The number of hydrogen-bond donors (Lipinski definition) is 3. The molecule has 0 bridgehead atoms. The topological polar surface area (TPSA) is 61.4 Å². The molecule has 0 heterocycles. The van der Waals surface area contributed by atoms with Gasteiger partial charge in [0.25, 0.3) is 0 Å². The van der Waals surface area contributed by atoms with Crippen LogP contribution in [0, 0.1) is 0 Å². The number of rotatable bonds is 7. The maximum absolute atomic E-state index is 10.8. The third-order valence-electron chi connectivity index (χ3n) is 1.78.